The average molecular weight is 355 g/mol. The van der Waals surface area contributed by atoms with Gasteiger partial charge in [0.15, 0.2) is 0 Å². The van der Waals surface area contributed by atoms with Crippen molar-refractivity contribution in [3.05, 3.63) is 29.8 Å². The number of hydrogen-bond acceptors (Lipinski definition) is 4. The van der Waals surface area contributed by atoms with Gasteiger partial charge in [0, 0.05) is 42.9 Å². The van der Waals surface area contributed by atoms with Crippen LogP contribution < -0.4 is 0 Å². The maximum absolute atomic E-state index is 12.7. The fraction of sp³-hybridized carbons (Fsp3) is 0.600. The van der Waals surface area contributed by atoms with E-state index in [1.807, 2.05) is 43.3 Å². The van der Waals surface area contributed by atoms with E-state index in [2.05, 4.69) is 23.1 Å². The van der Waals surface area contributed by atoms with E-state index in [1.165, 1.54) is 0 Å². The van der Waals surface area contributed by atoms with Gasteiger partial charge in [-0.15, -0.1) is 0 Å². The summed E-state index contributed by atoms with van der Waals surface area (Å²) in [7, 11) is 0. The van der Waals surface area contributed by atoms with Gasteiger partial charge in [-0.3, -0.25) is 9.48 Å². The third-order valence-corrected chi connectivity index (χ3v) is 4.90. The van der Waals surface area contributed by atoms with Crippen LogP contribution in [0.3, 0.4) is 0 Å². The Bertz CT molecular complexity index is 790. The molecular formula is C20H29N5O. The number of aromatic nitrogens is 4. The van der Waals surface area contributed by atoms with E-state index in [-0.39, 0.29) is 17.2 Å². The molecule has 1 amide bonds. The summed E-state index contributed by atoms with van der Waals surface area (Å²) in [6.07, 6.45) is 3.87. The Balaban J connectivity index is 1.88. The number of piperidine rings is 1. The van der Waals surface area contributed by atoms with Crippen molar-refractivity contribution in [2.75, 3.05) is 13.1 Å². The second-order valence-electron chi connectivity index (χ2n) is 8.10. The molecule has 1 fully saturated rings. The predicted octanol–water partition coefficient (Wildman–Crippen LogP) is 3.42. The first-order valence-electron chi connectivity index (χ1n) is 9.46. The minimum atomic E-state index is -0.345. The van der Waals surface area contributed by atoms with Crippen LogP contribution in [-0.4, -0.2) is 43.6 Å². The highest BCUT2D eigenvalue weighted by molar-refractivity contribution is 5.81. The van der Waals surface area contributed by atoms with Gasteiger partial charge in [0.05, 0.1) is 11.4 Å². The Kier molecular flexibility index (Phi) is 5.12. The summed E-state index contributed by atoms with van der Waals surface area (Å²) in [5.74, 6) is 1.24. The quantitative estimate of drug-likeness (QED) is 0.846. The maximum atomic E-state index is 12.7. The first-order chi connectivity index (χ1) is 12.3. The lowest BCUT2D eigenvalue weighted by atomic mass is 9.89. The zero-order valence-corrected chi connectivity index (χ0v) is 16.5. The van der Waals surface area contributed by atoms with Crippen LogP contribution in [0.5, 0.6) is 0 Å². The van der Waals surface area contributed by atoms with Crippen LogP contribution in [-0.2, 0) is 11.3 Å². The van der Waals surface area contributed by atoms with E-state index in [4.69, 9.17) is 4.98 Å². The van der Waals surface area contributed by atoms with Gasteiger partial charge >= 0.3 is 0 Å². The lowest BCUT2D eigenvalue weighted by Crippen LogP contribution is -2.44. The molecule has 1 unspecified atom stereocenters. The molecule has 3 heterocycles. The summed E-state index contributed by atoms with van der Waals surface area (Å²) in [5, 5.41) is 4.35. The fourth-order valence-corrected chi connectivity index (χ4v) is 3.61. The Morgan fingerprint density at radius 1 is 1.31 bits per heavy atom. The number of rotatable bonds is 3. The van der Waals surface area contributed by atoms with Gasteiger partial charge in [-0.05, 0) is 38.8 Å². The van der Waals surface area contributed by atoms with Gasteiger partial charge in [-0.25, -0.2) is 9.97 Å². The summed E-state index contributed by atoms with van der Waals surface area (Å²) in [5.41, 5.74) is 2.61. The minimum Gasteiger partial charge on any atom is -0.342 e. The normalized spacial score (nSPS) is 18.2. The topological polar surface area (TPSA) is 63.9 Å². The largest absolute Gasteiger partial charge is 0.342 e. The molecule has 0 saturated carbocycles. The van der Waals surface area contributed by atoms with Crippen molar-refractivity contribution in [1.82, 2.24) is 24.6 Å². The van der Waals surface area contributed by atoms with Crippen molar-refractivity contribution >= 4 is 5.91 Å². The molecule has 2 aromatic rings. The number of nitrogens with zero attached hydrogens (tertiary/aromatic N) is 5. The molecule has 6 heteroatoms. The number of likely N-dealkylation sites (tertiary alicyclic amines) is 1. The van der Waals surface area contributed by atoms with Crippen LogP contribution >= 0.6 is 0 Å². The Hall–Kier alpha value is -2.24. The van der Waals surface area contributed by atoms with Gasteiger partial charge in [0.25, 0.3) is 0 Å². The molecule has 0 aromatic carbocycles. The predicted molar refractivity (Wildman–Crippen MR) is 102 cm³/mol. The van der Waals surface area contributed by atoms with Crippen molar-refractivity contribution < 1.29 is 4.79 Å². The molecule has 1 aliphatic rings. The first kappa shape index (κ1) is 18.5. The van der Waals surface area contributed by atoms with E-state index in [0.29, 0.717) is 0 Å². The van der Waals surface area contributed by atoms with E-state index in [0.717, 1.165) is 55.4 Å². The lowest BCUT2D eigenvalue weighted by molar-refractivity contribution is -0.140. The summed E-state index contributed by atoms with van der Waals surface area (Å²) in [4.78, 5) is 24.0. The molecule has 1 aliphatic heterocycles. The van der Waals surface area contributed by atoms with Crippen molar-refractivity contribution in [2.45, 2.75) is 59.9 Å². The van der Waals surface area contributed by atoms with Crippen molar-refractivity contribution in [2.24, 2.45) is 5.41 Å². The highest BCUT2D eigenvalue weighted by Gasteiger charge is 2.32. The molecule has 0 aliphatic carbocycles. The van der Waals surface area contributed by atoms with Gasteiger partial charge in [0.1, 0.15) is 5.82 Å². The first-order valence-corrected chi connectivity index (χ1v) is 9.46. The SMILES string of the molecule is CCn1nccc1-c1cc(C2CCCN(C(=O)C(C)(C)C)C2)nc(C)n1. The Morgan fingerprint density at radius 3 is 2.77 bits per heavy atom. The standard InChI is InChI=1S/C20H29N5O/c1-6-25-18(9-10-21-25)17-12-16(22-14(2)23-17)15-8-7-11-24(13-15)19(26)20(3,4)5/h9-10,12,15H,6-8,11,13H2,1-5H3. The van der Waals surface area contributed by atoms with E-state index < -0.39 is 0 Å². The van der Waals surface area contributed by atoms with Crippen LogP contribution in [0.15, 0.2) is 18.3 Å². The summed E-state index contributed by atoms with van der Waals surface area (Å²) < 4.78 is 1.95. The van der Waals surface area contributed by atoms with Gasteiger partial charge in [-0.1, -0.05) is 20.8 Å². The molecular weight excluding hydrogens is 326 g/mol. The van der Waals surface area contributed by atoms with Gasteiger partial charge in [0.2, 0.25) is 5.91 Å². The molecule has 1 saturated heterocycles. The van der Waals surface area contributed by atoms with Crippen molar-refractivity contribution in [1.29, 1.82) is 0 Å². The lowest BCUT2D eigenvalue weighted by Gasteiger charge is -2.36. The molecule has 2 aromatic heterocycles. The van der Waals surface area contributed by atoms with E-state index >= 15 is 0 Å². The van der Waals surface area contributed by atoms with Crippen LogP contribution in [0.4, 0.5) is 0 Å². The van der Waals surface area contributed by atoms with E-state index in [1.54, 1.807) is 6.20 Å². The monoisotopic (exact) mass is 355 g/mol. The van der Waals surface area contributed by atoms with Crippen LogP contribution in [0.25, 0.3) is 11.4 Å². The number of carbonyl (C=O) groups excluding carboxylic acids is 1. The number of hydrogen-bond donors (Lipinski definition) is 0. The van der Waals surface area contributed by atoms with Gasteiger partial charge < -0.3 is 4.90 Å². The molecule has 1 atom stereocenters. The zero-order chi connectivity index (χ0) is 18.9. The maximum Gasteiger partial charge on any atom is 0.227 e. The van der Waals surface area contributed by atoms with Gasteiger partial charge in [-0.2, -0.15) is 5.10 Å². The number of aryl methyl sites for hydroxylation is 2. The highest BCUT2D eigenvalue weighted by atomic mass is 16.2. The average Bonchev–Trinajstić information content (AvgIpc) is 3.08. The molecule has 0 bridgehead atoms. The third-order valence-electron chi connectivity index (χ3n) is 4.90. The second-order valence-corrected chi connectivity index (χ2v) is 8.10. The summed E-state index contributed by atoms with van der Waals surface area (Å²) in [6.45, 7) is 12.3. The van der Waals surface area contributed by atoms with Crippen molar-refractivity contribution in [3.63, 3.8) is 0 Å². The summed E-state index contributed by atoms with van der Waals surface area (Å²) in [6, 6.07) is 4.07. The van der Waals surface area contributed by atoms with Crippen LogP contribution in [0.1, 0.15) is 58.0 Å². The molecule has 140 valence electrons. The molecule has 0 radical (unpaired) electrons. The molecule has 0 spiro atoms. The smallest absolute Gasteiger partial charge is 0.227 e. The molecule has 6 nitrogen and oxygen atoms in total. The highest BCUT2D eigenvalue weighted by Crippen LogP contribution is 2.30. The molecule has 26 heavy (non-hydrogen) atoms. The van der Waals surface area contributed by atoms with Crippen molar-refractivity contribution in [3.8, 4) is 11.4 Å². The van der Waals surface area contributed by atoms with Crippen LogP contribution in [0, 0.1) is 12.3 Å². The van der Waals surface area contributed by atoms with Crippen LogP contribution in [0.2, 0.25) is 0 Å². The fourth-order valence-electron chi connectivity index (χ4n) is 3.61. The zero-order valence-electron chi connectivity index (χ0n) is 16.5. The number of carbonyl (C=O) groups is 1. The molecule has 0 N–H and O–H groups in total. The second kappa shape index (κ2) is 7.17. The van der Waals surface area contributed by atoms with E-state index in [9.17, 15) is 4.79 Å². The minimum absolute atomic E-state index is 0.220. The third kappa shape index (κ3) is 3.79. The summed E-state index contributed by atoms with van der Waals surface area (Å²) >= 11 is 0. The Morgan fingerprint density at radius 2 is 2.08 bits per heavy atom. The number of amides is 1. The Labute approximate surface area is 155 Å². The molecule has 3 rings (SSSR count).